The Kier molecular flexibility index (Phi) is 3.11. The molecule has 1 saturated carbocycles. The minimum atomic E-state index is 0.258. The highest BCUT2D eigenvalue weighted by Crippen LogP contribution is 2.32. The van der Waals surface area contributed by atoms with Crippen LogP contribution in [0.4, 0.5) is 5.69 Å². The molecule has 1 aliphatic heterocycles. The highest BCUT2D eigenvalue weighted by molar-refractivity contribution is 5.99. The third kappa shape index (κ3) is 2.16. The van der Waals surface area contributed by atoms with E-state index in [4.69, 9.17) is 0 Å². The molecule has 96 valence electrons. The fourth-order valence-electron chi connectivity index (χ4n) is 3.35. The third-order valence-electron chi connectivity index (χ3n) is 4.41. The molecular weight excluding hydrogens is 222 g/mol. The van der Waals surface area contributed by atoms with Gasteiger partial charge >= 0.3 is 0 Å². The molecule has 0 aromatic heterocycles. The predicted molar refractivity (Wildman–Crippen MR) is 74.1 cm³/mol. The Morgan fingerprint density at radius 2 is 2.22 bits per heavy atom. The standard InChI is InChI=1S/C16H21NO/c1-11-3-2-4-13(9-11)16(18)14-6-5-12-7-8-17-15(12)10-14/h5-6,10-11,13,17H,2-4,7-9H2,1H3. The van der Waals surface area contributed by atoms with E-state index in [0.717, 1.165) is 31.4 Å². The summed E-state index contributed by atoms with van der Waals surface area (Å²) in [6, 6.07) is 6.20. The average molecular weight is 243 g/mol. The molecule has 3 rings (SSSR count). The van der Waals surface area contributed by atoms with Gasteiger partial charge in [0.25, 0.3) is 0 Å². The average Bonchev–Trinajstić information content (AvgIpc) is 2.85. The number of fused-ring (bicyclic) bond motifs is 1. The molecule has 1 aromatic rings. The fraction of sp³-hybridized carbons (Fsp3) is 0.562. The summed E-state index contributed by atoms with van der Waals surface area (Å²) in [6.45, 7) is 3.27. The smallest absolute Gasteiger partial charge is 0.166 e. The molecule has 2 atom stereocenters. The molecule has 18 heavy (non-hydrogen) atoms. The summed E-state index contributed by atoms with van der Waals surface area (Å²) in [6.07, 6.45) is 5.73. The van der Waals surface area contributed by atoms with Gasteiger partial charge in [0.1, 0.15) is 0 Å². The summed E-state index contributed by atoms with van der Waals surface area (Å²) in [4.78, 5) is 12.5. The number of benzene rings is 1. The molecule has 0 amide bonds. The maximum absolute atomic E-state index is 12.5. The third-order valence-corrected chi connectivity index (χ3v) is 4.41. The van der Waals surface area contributed by atoms with E-state index in [9.17, 15) is 4.79 Å². The van der Waals surface area contributed by atoms with Crippen LogP contribution in [0.5, 0.6) is 0 Å². The van der Waals surface area contributed by atoms with E-state index in [1.54, 1.807) is 0 Å². The van der Waals surface area contributed by atoms with Crippen LogP contribution < -0.4 is 5.32 Å². The first-order chi connectivity index (χ1) is 8.74. The number of ketones is 1. The first-order valence-electron chi connectivity index (χ1n) is 7.15. The maximum Gasteiger partial charge on any atom is 0.166 e. The van der Waals surface area contributed by atoms with E-state index < -0.39 is 0 Å². The zero-order valence-electron chi connectivity index (χ0n) is 11.0. The van der Waals surface area contributed by atoms with Gasteiger partial charge in [-0.25, -0.2) is 0 Å². The second-order valence-electron chi connectivity index (χ2n) is 5.88. The number of hydrogen-bond acceptors (Lipinski definition) is 2. The van der Waals surface area contributed by atoms with Crippen LogP contribution in [0.3, 0.4) is 0 Å². The van der Waals surface area contributed by atoms with Gasteiger partial charge in [-0.2, -0.15) is 0 Å². The van der Waals surface area contributed by atoms with E-state index in [1.165, 1.54) is 24.1 Å². The lowest BCUT2D eigenvalue weighted by Crippen LogP contribution is -2.21. The van der Waals surface area contributed by atoms with E-state index in [2.05, 4.69) is 24.4 Å². The van der Waals surface area contributed by atoms with Crippen molar-refractivity contribution in [3.8, 4) is 0 Å². The molecule has 2 aliphatic rings. The van der Waals surface area contributed by atoms with Crippen LogP contribution in [-0.4, -0.2) is 12.3 Å². The summed E-state index contributed by atoms with van der Waals surface area (Å²) < 4.78 is 0. The van der Waals surface area contributed by atoms with Gasteiger partial charge in [0.05, 0.1) is 0 Å². The van der Waals surface area contributed by atoms with Crippen LogP contribution in [0.1, 0.15) is 48.5 Å². The molecule has 2 unspecified atom stereocenters. The molecule has 1 N–H and O–H groups in total. The molecule has 2 heteroatoms. The largest absolute Gasteiger partial charge is 0.384 e. The van der Waals surface area contributed by atoms with Gasteiger partial charge in [-0.3, -0.25) is 4.79 Å². The number of hydrogen-bond donors (Lipinski definition) is 1. The molecule has 1 heterocycles. The van der Waals surface area contributed by atoms with E-state index >= 15 is 0 Å². The summed E-state index contributed by atoms with van der Waals surface area (Å²) in [5.41, 5.74) is 3.43. The number of nitrogens with one attached hydrogen (secondary N) is 1. The Bertz CT molecular complexity index is 466. The number of rotatable bonds is 2. The van der Waals surface area contributed by atoms with Crippen molar-refractivity contribution in [1.82, 2.24) is 0 Å². The van der Waals surface area contributed by atoms with E-state index in [1.807, 2.05) is 6.07 Å². The number of carbonyl (C=O) groups excluding carboxylic acids is 1. The predicted octanol–water partition coefficient (Wildman–Crippen LogP) is 3.66. The van der Waals surface area contributed by atoms with Gasteiger partial charge in [0.15, 0.2) is 5.78 Å². The summed E-state index contributed by atoms with van der Waals surface area (Å²) in [5, 5.41) is 3.35. The molecule has 0 saturated heterocycles. The summed E-state index contributed by atoms with van der Waals surface area (Å²) in [7, 11) is 0. The Hall–Kier alpha value is -1.31. The zero-order valence-corrected chi connectivity index (χ0v) is 11.0. The van der Waals surface area contributed by atoms with E-state index in [0.29, 0.717) is 11.7 Å². The lowest BCUT2D eigenvalue weighted by molar-refractivity contribution is 0.0868. The molecule has 1 aliphatic carbocycles. The number of anilines is 1. The maximum atomic E-state index is 12.5. The topological polar surface area (TPSA) is 29.1 Å². The first kappa shape index (κ1) is 11.8. The van der Waals surface area contributed by atoms with Crippen LogP contribution in [0.2, 0.25) is 0 Å². The Morgan fingerprint density at radius 1 is 1.33 bits per heavy atom. The van der Waals surface area contributed by atoms with Gasteiger partial charge in [-0.1, -0.05) is 31.9 Å². The minimum Gasteiger partial charge on any atom is -0.384 e. The van der Waals surface area contributed by atoms with Crippen LogP contribution in [0.25, 0.3) is 0 Å². The Labute approximate surface area is 109 Å². The van der Waals surface area contributed by atoms with Crippen LogP contribution in [-0.2, 0) is 6.42 Å². The molecule has 0 spiro atoms. The second-order valence-corrected chi connectivity index (χ2v) is 5.88. The normalized spacial score (nSPS) is 26.5. The van der Waals surface area contributed by atoms with Crippen molar-refractivity contribution in [2.24, 2.45) is 11.8 Å². The van der Waals surface area contributed by atoms with Crippen molar-refractivity contribution in [2.75, 3.05) is 11.9 Å². The first-order valence-corrected chi connectivity index (χ1v) is 7.15. The van der Waals surface area contributed by atoms with Gasteiger partial charge in [0, 0.05) is 23.7 Å². The van der Waals surface area contributed by atoms with Gasteiger partial charge in [-0.15, -0.1) is 0 Å². The van der Waals surface area contributed by atoms with Crippen molar-refractivity contribution in [2.45, 2.75) is 39.0 Å². The van der Waals surface area contributed by atoms with Crippen LogP contribution >= 0.6 is 0 Å². The zero-order chi connectivity index (χ0) is 12.5. The molecule has 0 radical (unpaired) electrons. The SMILES string of the molecule is CC1CCCC(C(=O)c2ccc3c(c2)NCC3)C1. The quantitative estimate of drug-likeness (QED) is 0.803. The fourth-order valence-corrected chi connectivity index (χ4v) is 3.35. The Balaban J connectivity index is 1.79. The minimum absolute atomic E-state index is 0.258. The molecule has 1 fully saturated rings. The lowest BCUT2D eigenvalue weighted by Gasteiger charge is -2.25. The summed E-state index contributed by atoms with van der Waals surface area (Å²) >= 11 is 0. The highest BCUT2D eigenvalue weighted by Gasteiger charge is 2.26. The van der Waals surface area contributed by atoms with Crippen molar-refractivity contribution in [3.05, 3.63) is 29.3 Å². The van der Waals surface area contributed by atoms with Crippen LogP contribution in [0, 0.1) is 11.8 Å². The van der Waals surface area contributed by atoms with Crippen molar-refractivity contribution >= 4 is 11.5 Å². The number of Topliss-reactive ketones (excluding diaryl/α,β-unsaturated/α-hetero) is 1. The monoisotopic (exact) mass is 243 g/mol. The molecule has 2 nitrogen and oxygen atoms in total. The number of carbonyl (C=O) groups is 1. The molecule has 0 bridgehead atoms. The van der Waals surface area contributed by atoms with Crippen LogP contribution in [0.15, 0.2) is 18.2 Å². The second kappa shape index (κ2) is 4.75. The highest BCUT2D eigenvalue weighted by atomic mass is 16.1. The van der Waals surface area contributed by atoms with Crippen molar-refractivity contribution < 1.29 is 4.79 Å². The summed E-state index contributed by atoms with van der Waals surface area (Å²) in [5.74, 6) is 1.33. The van der Waals surface area contributed by atoms with Gasteiger partial charge < -0.3 is 5.32 Å². The van der Waals surface area contributed by atoms with Crippen molar-refractivity contribution in [3.63, 3.8) is 0 Å². The molecule has 1 aromatic carbocycles. The van der Waals surface area contributed by atoms with Gasteiger partial charge in [0.2, 0.25) is 0 Å². The molecular formula is C16H21NO. The van der Waals surface area contributed by atoms with Crippen molar-refractivity contribution in [1.29, 1.82) is 0 Å². The van der Waals surface area contributed by atoms with Gasteiger partial charge in [-0.05, 0) is 36.8 Å². The Morgan fingerprint density at radius 3 is 3.06 bits per heavy atom. The van der Waals surface area contributed by atoms with E-state index in [-0.39, 0.29) is 5.92 Å². The lowest BCUT2D eigenvalue weighted by atomic mass is 9.78.